The number of nitrogen functional groups attached to an aromatic ring is 1. The zero-order chi connectivity index (χ0) is 14.1. The van der Waals surface area contributed by atoms with Crippen LogP contribution in [-0.4, -0.2) is 5.91 Å². The summed E-state index contributed by atoms with van der Waals surface area (Å²) in [5, 5.41) is 3.18. The molecule has 0 radical (unpaired) electrons. The molecule has 0 saturated carbocycles. The number of anilines is 2. The molecule has 100 valence electrons. The average molecular weight is 270 g/mol. The second kappa shape index (κ2) is 4.70. The van der Waals surface area contributed by atoms with E-state index in [0.29, 0.717) is 22.2 Å². The average Bonchev–Trinajstić information content (AvgIpc) is 2.86. The maximum Gasteiger partial charge on any atom is 0.259 e. The van der Waals surface area contributed by atoms with Gasteiger partial charge in [-0.15, -0.1) is 0 Å². The minimum absolute atomic E-state index is 0.0782. The van der Waals surface area contributed by atoms with Crippen LogP contribution < -0.4 is 11.1 Å². The van der Waals surface area contributed by atoms with E-state index in [0.717, 1.165) is 6.07 Å². The number of amides is 1. The highest BCUT2D eigenvalue weighted by molar-refractivity contribution is 6.12. The zero-order valence-corrected chi connectivity index (χ0v) is 10.4. The van der Waals surface area contributed by atoms with Gasteiger partial charge in [-0.2, -0.15) is 0 Å². The van der Waals surface area contributed by atoms with Gasteiger partial charge in [0.05, 0.1) is 11.3 Å². The van der Waals surface area contributed by atoms with E-state index < -0.39 is 11.7 Å². The SMILES string of the molecule is Nc1ccc(NC(=O)c2coc3ccccc23)c(F)c1. The lowest BCUT2D eigenvalue weighted by molar-refractivity contribution is 0.102. The van der Waals surface area contributed by atoms with Gasteiger partial charge in [0, 0.05) is 11.1 Å². The summed E-state index contributed by atoms with van der Waals surface area (Å²) >= 11 is 0. The van der Waals surface area contributed by atoms with Crippen molar-refractivity contribution in [3.63, 3.8) is 0 Å². The molecular formula is C15H11FN2O2. The van der Waals surface area contributed by atoms with Crippen LogP contribution in [0, 0.1) is 5.82 Å². The third-order valence-corrected chi connectivity index (χ3v) is 2.97. The van der Waals surface area contributed by atoms with Gasteiger partial charge in [0.25, 0.3) is 5.91 Å². The van der Waals surface area contributed by atoms with E-state index in [4.69, 9.17) is 10.2 Å². The Kier molecular flexibility index (Phi) is 2.87. The summed E-state index contributed by atoms with van der Waals surface area (Å²) in [4.78, 5) is 12.2. The van der Waals surface area contributed by atoms with Crippen molar-refractivity contribution < 1.29 is 13.6 Å². The summed E-state index contributed by atoms with van der Waals surface area (Å²) < 4.78 is 18.9. The third-order valence-electron chi connectivity index (χ3n) is 2.97. The highest BCUT2D eigenvalue weighted by atomic mass is 19.1. The largest absolute Gasteiger partial charge is 0.463 e. The predicted molar refractivity (Wildman–Crippen MR) is 75.0 cm³/mol. The molecule has 20 heavy (non-hydrogen) atoms. The standard InChI is InChI=1S/C15H11FN2O2/c16-12-7-9(17)5-6-13(12)18-15(19)11-8-20-14-4-2-1-3-10(11)14/h1-8H,17H2,(H,18,19). The molecule has 3 aromatic rings. The van der Waals surface area contributed by atoms with E-state index in [1.54, 1.807) is 18.2 Å². The predicted octanol–water partition coefficient (Wildman–Crippen LogP) is 3.41. The molecule has 3 N–H and O–H groups in total. The van der Waals surface area contributed by atoms with Gasteiger partial charge in [-0.3, -0.25) is 4.79 Å². The van der Waals surface area contributed by atoms with Gasteiger partial charge in [-0.1, -0.05) is 18.2 Å². The Bertz CT molecular complexity index is 795. The smallest absolute Gasteiger partial charge is 0.259 e. The molecule has 5 heteroatoms. The van der Waals surface area contributed by atoms with Crippen LogP contribution in [0.4, 0.5) is 15.8 Å². The summed E-state index contributed by atoms with van der Waals surface area (Å²) in [6.07, 6.45) is 1.36. The molecule has 3 rings (SSSR count). The molecule has 0 aliphatic carbocycles. The second-order valence-electron chi connectivity index (χ2n) is 4.34. The maximum absolute atomic E-state index is 13.6. The van der Waals surface area contributed by atoms with E-state index >= 15 is 0 Å². The molecule has 2 aromatic carbocycles. The number of hydrogen-bond acceptors (Lipinski definition) is 3. The van der Waals surface area contributed by atoms with Gasteiger partial charge in [0.1, 0.15) is 17.7 Å². The fourth-order valence-corrected chi connectivity index (χ4v) is 1.98. The van der Waals surface area contributed by atoms with Crippen molar-refractivity contribution in [1.82, 2.24) is 0 Å². The van der Waals surface area contributed by atoms with Crippen LogP contribution in [0.5, 0.6) is 0 Å². The first-order chi connectivity index (χ1) is 9.65. The number of benzene rings is 2. The molecule has 0 bridgehead atoms. The first-order valence-corrected chi connectivity index (χ1v) is 5.98. The Labute approximate surface area is 114 Å². The Morgan fingerprint density at radius 1 is 1.20 bits per heavy atom. The van der Waals surface area contributed by atoms with Crippen LogP contribution in [0.25, 0.3) is 11.0 Å². The zero-order valence-electron chi connectivity index (χ0n) is 10.4. The molecular weight excluding hydrogens is 259 g/mol. The topological polar surface area (TPSA) is 68.3 Å². The van der Waals surface area contributed by atoms with Gasteiger partial charge in [0.15, 0.2) is 0 Å². The molecule has 1 heterocycles. The number of rotatable bonds is 2. The van der Waals surface area contributed by atoms with Crippen molar-refractivity contribution in [2.24, 2.45) is 0 Å². The molecule has 0 aliphatic heterocycles. The molecule has 0 aliphatic rings. The van der Waals surface area contributed by atoms with Crippen LogP contribution >= 0.6 is 0 Å². The van der Waals surface area contributed by atoms with Crippen LogP contribution in [0.15, 0.2) is 53.1 Å². The number of furan rings is 1. The number of para-hydroxylation sites is 1. The fraction of sp³-hybridized carbons (Fsp3) is 0. The van der Waals surface area contributed by atoms with Crippen LogP contribution in [0.2, 0.25) is 0 Å². The van der Waals surface area contributed by atoms with Crippen molar-refractivity contribution in [2.45, 2.75) is 0 Å². The molecule has 0 unspecified atom stereocenters. The van der Waals surface area contributed by atoms with Crippen molar-refractivity contribution in [2.75, 3.05) is 11.1 Å². The number of halogens is 1. The molecule has 0 fully saturated rings. The number of carbonyl (C=O) groups is 1. The number of nitrogens with one attached hydrogen (secondary N) is 1. The Morgan fingerprint density at radius 2 is 2.00 bits per heavy atom. The summed E-state index contributed by atoms with van der Waals surface area (Å²) in [5.41, 5.74) is 6.80. The lowest BCUT2D eigenvalue weighted by atomic mass is 10.1. The van der Waals surface area contributed by atoms with E-state index in [-0.39, 0.29) is 5.69 Å². The minimum atomic E-state index is -0.578. The van der Waals surface area contributed by atoms with Gasteiger partial charge in [0.2, 0.25) is 0 Å². The lowest BCUT2D eigenvalue weighted by Crippen LogP contribution is -2.12. The molecule has 4 nitrogen and oxygen atoms in total. The quantitative estimate of drug-likeness (QED) is 0.701. The molecule has 1 aromatic heterocycles. The van der Waals surface area contributed by atoms with Gasteiger partial charge in [-0.05, 0) is 24.3 Å². The Balaban J connectivity index is 1.93. The maximum atomic E-state index is 13.6. The number of hydrogen-bond donors (Lipinski definition) is 2. The van der Waals surface area contributed by atoms with E-state index in [2.05, 4.69) is 5.32 Å². The van der Waals surface area contributed by atoms with Crippen LogP contribution in [-0.2, 0) is 0 Å². The van der Waals surface area contributed by atoms with Crippen LogP contribution in [0.1, 0.15) is 10.4 Å². The lowest BCUT2D eigenvalue weighted by Gasteiger charge is -2.05. The monoisotopic (exact) mass is 270 g/mol. The highest BCUT2D eigenvalue weighted by Crippen LogP contribution is 2.23. The minimum Gasteiger partial charge on any atom is -0.463 e. The van der Waals surface area contributed by atoms with E-state index in [1.165, 1.54) is 18.4 Å². The summed E-state index contributed by atoms with van der Waals surface area (Å²) in [7, 11) is 0. The molecule has 0 spiro atoms. The van der Waals surface area contributed by atoms with E-state index in [1.807, 2.05) is 6.07 Å². The second-order valence-corrected chi connectivity index (χ2v) is 4.34. The molecule has 1 amide bonds. The number of fused-ring (bicyclic) bond motifs is 1. The van der Waals surface area contributed by atoms with Gasteiger partial charge >= 0.3 is 0 Å². The van der Waals surface area contributed by atoms with Crippen LogP contribution in [0.3, 0.4) is 0 Å². The number of nitrogens with two attached hydrogens (primary N) is 1. The van der Waals surface area contributed by atoms with Gasteiger partial charge in [-0.25, -0.2) is 4.39 Å². The third kappa shape index (κ3) is 2.09. The normalized spacial score (nSPS) is 10.7. The van der Waals surface area contributed by atoms with E-state index in [9.17, 15) is 9.18 Å². The van der Waals surface area contributed by atoms with Crippen molar-refractivity contribution in [3.05, 3.63) is 60.1 Å². The van der Waals surface area contributed by atoms with Crippen molar-refractivity contribution >= 4 is 28.3 Å². The summed E-state index contributed by atoms with van der Waals surface area (Å²) in [6, 6.07) is 11.2. The van der Waals surface area contributed by atoms with Gasteiger partial charge < -0.3 is 15.5 Å². The molecule has 0 atom stereocenters. The van der Waals surface area contributed by atoms with Crippen molar-refractivity contribution in [3.8, 4) is 0 Å². The summed E-state index contributed by atoms with van der Waals surface area (Å²) in [5.74, 6) is -1.01. The Hall–Kier alpha value is -2.82. The fourth-order valence-electron chi connectivity index (χ4n) is 1.98. The highest BCUT2D eigenvalue weighted by Gasteiger charge is 2.15. The van der Waals surface area contributed by atoms with Crippen molar-refractivity contribution in [1.29, 1.82) is 0 Å². The first kappa shape index (κ1) is 12.2. The Morgan fingerprint density at radius 3 is 2.80 bits per heavy atom. The summed E-state index contributed by atoms with van der Waals surface area (Å²) in [6.45, 7) is 0. The first-order valence-electron chi connectivity index (χ1n) is 5.98. The molecule has 0 saturated heterocycles. The number of carbonyl (C=O) groups excluding carboxylic acids is 1.